The van der Waals surface area contributed by atoms with E-state index in [0.717, 1.165) is 15.9 Å². The number of carbonyl (C=O) groups is 2. The van der Waals surface area contributed by atoms with E-state index < -0.39 is 17.6 Å². The second-order valence-electron chi connectivity index (χ2n) is 6.66. The number of rotatable bonds is 5. The van der Waals surface area contributed by atoms with E-state index in [9.17, 15) is 19.5 Å². The van der Waals surface area contributed by atoms with Gasteiger partial charge < -0.3 is 10.4 Å². The van der Waals surface area contributed by atoms with Crippen LogP contribution in [-0.2, 0) is 4.79 Å². The summed E-state index contributed by atoms with van der Waals surface area (Å²) in [5.41, 5.74) is 1.08. The molecule has 150 valence electrons. The van der Waals surface area contributed by atoms with Crippen LogP contribution in [0.25, 0.3) is 10.2 Å². The molecule has 0 aliphatic heterocycles. The maximum absolute atomic E-state index is 13.2. The molecule has 30 heavy (non-hydrogen) atoms. The minimum atomic E-state index is -1.21. The molecule has 0 saturated carbocycles. The Bertz CT molecular complexity index is 1300. The van der Waals surface area contributed by atoms with Crippen molar-refractivity contribution in [1.82, 2.24) is 9.55 Å². The average molecular weight is 419 g/mol. The van der Waals surface area contributed by atoms with Crippen molar-refractivity contribution in [1.29, 1.82) is 0 Å². The normalized spacial score (nSPS) is 11.9. The van der Waals surface area contributed by atoms with Gasteiger partial charge in [-0.05, 0) is 30.2 Å². The van der Waals surface area contributed by atoms with Gasteiger partial charge in [-0.15, -0.1) is 11.3 Å². The Hall–Kier alpha value is -3.78. The number of benzene rings is 2. The van der Waals surface area contributed by atoms with Crippen LogP contribution in [0, 0.1) is 6.92 Å². The number of anilines is 1. The van der Waals surface area contributed by atoms with Gasteiger partial charge in [0.25, 0.3) is 11.5 Å². The highest BCUT2D eigenvalue weighted by Crippen LogP contribution is 2.28. The number of hydrogen-bond acceptors (Lipinski definition) is 5. The van der Waals surface area contributed by atoms with Gasteiger partial charge >= 0.3 is 5.97 Å². The van der Waals surface area contributed by atoms with Crippen LogP contribution in [0.5, 0.6) is 0 Å². The number of aliphatic carboxylic acids is 1. The Kier molecular flexibility index (Phi) is 5.16. The zero-order valence-electron chi connectivity index (χ0n) is 15.9. The van der Waals surface area contributed by atoms with Crippen molar-refractivity contribution in [3.8, 4) is 0 Å². The summed E-state index contributed by atoms with van der Waals surface area (Å²) >= 11 is 1.11. The first-order chi connectivity index (χ1) is 14.5. The molecule has 2 aromatic heterocycles. The third kappa shape index (κ3) is 3.48. The van der Waals surface area contributed by atoms with Crippen LogP contribution in [0.15, 0.2) is 71.8 Å². The molecule has 0 spiro atoms. The van der Waals surface area contributed by atoms with Gasteiger partial charge in [-0.25, -0.2) is 9.78 Å². The Morgan fingerprint density at radius 1 is 1.07 bits per heavy atom. The van der Waals surface area contributed by atoms with E-state index in [2.05, 4.69) is 10.3 Å². The van der Waals surface area contributed by atoms with Crippen LogP contribution >= 0.6 is 11.3 Å². The molecule has 2 N–H and O–H groups in total. The first kappa shape index (κ1) is 19.5. The molecule has 8 heteroatoms. The number of thiophene rings is 1. The quantitative estimate of drug-likeness (QED) is 0.514. The lowest BCUT2D eigenvalue weighted by molar-refractivity contribution is -0.139. The molecule has 1 unspecified atom stereocenters. The first-order valence-electron chi connectivity index (χ1n) is 9.11. The van der Waals surface area contributed by atoms with Crippen LogP contribution in [0.3, 0.4) is 0 Å². The molecule has 0 aliphatic rings. The zero-order chi connectivity index (χ0) is 21.3. The molecule has 2 heterocycles. The van der Waals surface area contributed by atoms with Crippen molar-refractivity contribution >= 4 is 39.1 Å². The molecule has 7 nitrogen and oxygen atoms in total. The van der Waals surface area contributed by atoms with Crippen molar-refractivity contribution in [3.05, 3.63) is 93.3 Å². The highest BCUT2D eigenvalue weighted by molar-refractivity contribution is 7.20. The molecule has 0 saturated heterocycles. The second-order valence-corrected chi connectivity index (χ2v) is 7.66. The fraction of sp³-hybridized carbons (Fsp3) is 0.0909. The molecule has 2 aromatic carbocycles. The molecular weight excluding hydrogens is 402 g/mol. The van der Waals surface area contributed by atoms with E-state index in [1.807, 2.05) is 18.2 Å². The van der Waals surface area contributed by atoms with E-state index in [1.54, 1.807) is 49.4 Å². The number of carbonyl (C=O) groups excluding carboxylic acids is 1. The molecule has 0 aliphatic carbocycles. The number of aromatic nitrogens is 2. The van der Waals surface area contributed by atoms with Crippen LogP contribution in [0.4, 0.5) is 5.69 Å². The second kappa shape index (κ2) is 7.92. The predicted octanol–water partition coefficient (Wildman–Crippen LogP) is 3.69. The van der Waals surface area contributed by atoms with Gasteiger partial charge in [0.05, 0.1) is 10.3 Å². The number of para-hydroxylation sites is 1. The van der Waals surface area contributed by atoms with Crippen molar-refractivity contribution in [2.24, 2.45) is 0 Å². The van der Waals surface area contributed by atoms with Gasteiger partial charge in [0.2, 0.25) is 0 Å². The largest absolute Gasteiger partial charge is 0.479 e. The van der Waals surface area contributed by atoms with Crippen molar-refractivity contribution < 1.29 is 14.7 Å². The predicted molar refractivity (Wildman–Crippen MR) is 115 cm³/mol. The summed E-state index contributed by atoms with van der Waals surface area (Å²) in [6.45, 7) is 1.67. The van der Waals surface area contributed by atoms with Crippen LogP contribution in [0.2, 0.25) is 0 Å². The maximum Gasteiger partial charge on any atom is 0.331 e. The molecule has 1 amide bonds. The standard InChI is InChI=1S/C22H17N3O4S/c1-13-16-20(30-18(13)19(26)24-15-10-6-3-7-11-15)23-12-25(21(16)27)17(22(28)29)14-8-4-2-5-9-14/h2-12,17H,1H3,(H,24,26)(H,28,29). The van der Waals surface area contributed by atoms with Gasteiger partial charge in [0.15, 0.2) is 6.04 Å². The number of nitrogens with one attached hydrogen (secondary N) is 1. The number of aryl methyl sites for hydroxylation is 1. The van der Waals surface area contributed by atoms with Crippen LogP contribution in [0.1, 0.15) is 26.8 Å². The summed E-state index contributed by atoms with van der Waals surface area (Å²) in [5, 5.41) is 12.8. The number of carboxylic acids is 1. The molecule has 1 atom stereocenters. The fourth-order valence-corrected chi connectivity index (χ4v) is 4.34. The number of amides is 1. The molecule has 4 rings (SSSR count). The SMILES string of the molecule is Cc1c(C(=O)Nc2ccccc2)sc2ncn(C(C(=O)O)c3ccccc3)c(=O)c12. The highest BCUT2D eigenvalue weighted by Gasteiger charge is 2.26. The van der Waals surface area contributed by atoms with Gasteiger partial charge in [-0.3, -0.25) is 14.2 Å². The highest BCUT2D eigenvalue weighted by atomic mass is 32.1. The van der Waals surface area contributed by atoms with E-state index in [1.165, 1.54) is 6.33 Å². The first-order valence-corrected chi connectivity index (χ1v) is 9.93. The summed E-state index contributed by atoms with van der Waals surface area (Å²) < 4.78 is 1.10. The lowest BCUT2D eigenvalue weighted by Gasteiger charge is -2.15. The van der Waals surface area contributed by atoms with Gasteiger partial charge in [0, 0.05) is 5.69 Å². The van der Waals surface area contributed by atoms with Gasteiger partial charge in [0.1, 0.15) is 11.2 Å². The lowest BCUT2D eigenvalue weighted by atomic mass is 10.1. The summed E-state index contributed by atoms with van der Waals surface area (Å²) in [6, 6.07) is 16.3. The third-order valence-electron chi connectivity index (χ3n) is 4.74. The fourth-order valence-electron chi connectivity index (χ4n) is 3.30. The minimum absolute atomic E-state index is 0.253. The number of hydrogen-bond donors (Lipinski definition) is 2. The summed E-state index contributed by atoms with van der Waals surface area (Å²) in [7, 11) is 0. The summed E-state index contributed by atoms with van der Waals surface area (Å²) in [4.78, 5) is 42.9. The monoisotopic (exact) mass is 419 g/mol. The Morgan fingerprint density at radius 3 is 2.33 bits per heavy atom. The smallest absolute Gasteiger partial charge is 0.331 e. The number of fused-ring (bicyclic) bond motifs is 1. The lowest BCUT2D eigenvalue weighted by Crippen LogP contribution is -2.30. The van der Waals surface area contributed by atoms with Crippen LogP contribution < -0.4 is 10.9 Å². The number of carboxylic acid groups (broad SMARTS) is 1. The van der Waals surface area contributed by atoms with Crippen LogP contribution in [-0.4, -0.2) is 26.5 Å². The van der Waals surface area contributed by atoms with Crippen molar-refractivity contribution in [3.63, 3.8) is 0 Å². The van der Waals surface area contributed by atoms with E-state index in [0.29, 0.717) is 26.5 Å². The molecule has 0 radical (unpaired) electrons. The third-order valence-corrected chi connectivity index (χ3v) is 5.94. The minimum Gasteiger partial charge on any atom is -0.479 e. The summed E-state index contributed by atoms with van der Waals surface area (Å²) in [5.74, 6) is -1.51. The Labute approximate surface area is 175 Å². The average Bonchev–Trinajstić information content (AvgIpc) is 3.08. The van der Waals surface area contributed by atoms with Crippen molar-refractivity contribution in [2.45, 2.75) is 13.0 Å². The molecule has 0 fully saturated rings. The maximum atomic E-state index is 13.2. The van der Waals surface area contributed by atoms with Gasteiger partial charge in [-0.1, -0.05) is 48.5 Å². The Morgan fingerprint density at radius 2 is 1.70 bits per heavy atom. The Balaban J connectivity index is 1.80. The van der Waals surface area contributed by atoms with Crippen molar-refractivity contribution in [2.75, 3.05) is 5.32 Å². The summed E-state index contributed by atoms with van der Waals surface area (Å²) in [6.07, 6.45) is 1.23. The number of nitrogens with zero attached hydrogens (tertiary/aromatic N) is 2. The van der Waals surface area contributed by atoms with Gasteiger partial charge in [-0.2, -0.15) is 0 Å². The molecule has 0 bridgehead atoms. The topological polar surface area (TPSA) is 101 Å². The molecule has 4 aromatic rings. The zero-order valence-corrected chi connectivity index (χ0v) is 16.7. The molecular formula is C22H17N3O4S. The van der Waals surface area contributed by atoms with E-state index in [4.69, 9.17) is 0 Å². The van der Waals surface area contributed by atoms with E-state index in [-0.39, 0.29) is 11.3 Å². The van der Waals surface area contributed by atoms with E-state index >= 15 is 0 Å².